The molecule has 0 aliphatic carbocycles. The number of para-hydroxylation sites is 1. The Balaban J connectivity index is 1.39. The minimum absolute atomic E-state index is 0.0529. The van der Waals surface area contributed by atoms with Crippen molar-refractivity contribution in [2.24, 2.45) is 0 Å². The van der Waals surface area contributed by atoms with E-state index >= 15 is 0 Å². The Labute approximate surface area is 154 Å². The highest BCUT2D eigenvalue weighted by molar-refractivity contribution is 8.00. The summed E-state index contributed by atoms with van der Waals surface area (Å²) in [5.41, 5.74) is 1.85. The number of hydrogen-bond donors (Lipinski definition) is 1. The third-order valence-electron chi connectivity index (χ3n) is 4.12. The fourth-order valence-electron chi connectivity index (χ4n) is 2.78. The largest absolute Gasteiger partial charge is 0.454 e. The molecule has 0 bridgehead atoms. The highest BCUT2D eigenvalue weighted by atomic mass is 32.2. The molecule has 4 rings (SSSR count). The summed E-state index contributed by atoms with van der Waals surface area (Å²) in [6.45, 7) is 2.18. The Hall–Kier alpha value is -2.80. The lowest BCUT2D eigenvalue weighted by Gasteiger charge is -2.14. The zero-order valence-electron chi connectivity index (χ0n) is 14.1. The van der Waals surface area contributed by atoms with Crippen molar-refractivity contribution in [3.63, 3.8) is 0 Å². The summed E-state index contributed by atoms with van der Waals surface area (Å²) in [4.78, 5) is 20.9. The van der Waals surface area contributed by atoms with Gasteiger partial charge in [0, 0.05) is 5.39 Å². The van der Waals surface area contributed by atoms with E-state index in [2.05, 4.69) is 15.3 Å². The lowest BCUT2D eigenvalue weighted by molar-refractivity contribution is -0.119. The summed E-state index contributed by atoms with van der Waals surface area (Å²) in [5, 5.41) is 4.77. The maximum absolute atomic E-state index is 12.3. The van der Waals surface area contributed by atoms with Crippen molar-refractivity contribution in [1.29, 1.82) is 0 Å². The highest BCUT2D eigenvalue weighted by Gasteiger charge is 2.17. The summed E-state index contributed by atoms with van der Waals surface area (Å²) in [6, 6.07) is 13.3. The molecule has 1 atom stereocenters. The van der Waals surface area contributed by atoms with E-state index in [4.69, 9.17) is 9.47 Å². The number of nitrogens with one attached hydrogen (secondary N) is 1. The molecule has 6 nitrogen and oxygen atoms in total. The molecule has 0 fully saturated rings. The first-order chi connectivity index (χ1) is 12.7. The van der Waals surface area contributed by atoms with Gasteiger partial charge in [-0.3, -0.25) is 4.79 Å². The second-order valence-electron chi connectivity index (χ2n) is 5.89. The number of benzene rings is 2. The van der Waals surface area contributed by atoms with Gasteiger partial charge in [-0.2, -0.15) is 0 Å². The number of aromatic nitrogens is 2. The van der Waals surface area contributed by atoms with Crippen molar-refractivity contribution >= 4 is 28.6 Å². The summed E-state index contributed by atoms with van der Waals surface area (Å²) in [5.74, 6) is 1.68. The van der Waals surface area contributed by atoms with Crippen LogP contribution in [0.25, 0.3) is 10.9 Å². The minimum atomic E-state index is -0.125. The van der Waals surface area contributed by atoms with Gasteiger partial charge in [0.25, 0.3) is 0 Å². The summed E-state index contributed by atoms with van der Waals surface area (Å²) < 4.78 is 10.7. The van der Waals surface area contributed by atoms with Crippen molar-refractivity contribution in [2.45, 2.75) is 18.0 Å². The fraction of sp³-hybridized carbons (Fsp3) is 0.211. The number of amides is 1. The van der Waals surface area contributed by atoms with Crippen LogP contribution in [0.2, 0.25) is 0 Å². The molecule has 1 aromatic heterocycles. The average molecular weight is 367 g/mol. The smallest absolute Gasteiger partial charge is 0.231 e. The quantitative estimate of drug-likeness (QED) is 0.551. The van der Waals surface area contributed by atoms with Crippen LogP contribution in [0.5, 0.6) is 11.5 Å². The first kappa shape index (κ1) is 16.7. The lowest BCUT2D eigenvalue weighted by Crippen LogP contribution is -2.28. The third-order valence-corrected chi connectivity index (χ3v) is 5.13. The van der Waals surface area contributed by atoms with Crippen LogP contribution in [0.15, 0.2) is 53.8 Å². The first-order valence-electron chi connectivity index (χ1n) is 8.22. The molecule has 0 spiro atoms. The summed E-state index contributed by atoms with van der Waals surface area (Å²) in [7, 11) is 0. The van der Waals surface area contributed by atoms with Gasteiger partial charge in [0.1, 0.15) is 11.4 Å². The molecule has 1 aliphatic rings. The standard InChI is InChI=1S/C19H17N3O3S/c1-12(13-6-7-16-17(8-13)25-11-24-16)22-18(23)9-26-19-14-4-2-3-5-15(14)20-10-21-19/h2-8,10,12H,9,11H2,1H3,(H,22,23)/t12-/m1/s1. The maximum atomic E-state index is 12.3. The second kappa shape index (κ2) is 7.21. The minimum Gasteiger partial charge on any atom is -0.454 e. The van der Waals surface area contributed by atoms with E-state index in [9.17, 15) is 4.79 Å². The van der Waals surface area contributed by atoms with Crippen molar-refractivity contribution in [3.8, 4) is 11.5 Å². The number of rotatable bonds is 5. The summed E-state index contributed by atoms with van der Waals surface area (Å²) >= 11 is 1.41. The molecular weight excluding hydrogens is 350 g/mol. The molecule has 2 heterocycles. The predicted molar refractivity (Wildman–Crippen MR) is 99.4 cm³/mol. The van der Waals surface area contributed by atoms with E-state index in [1.54, 1.807) is 0 Å². The van der Waals surface area contributed by atoms with E-state index in [1.165, 1.54) is 18.1 Å². The predicted octanol–water partition coefficient (Wildman–Crippen LogP) is 3.33. The number of nitrogens with zero attached hydrogens (tertiary/aromatic N) is 2. The molecule has 2 aromatic carbocycles. The molecule has 0 saturated carbocycles. The van der Waals surface area contributed by atoms with E-state index in [0.29, 0.717) is 5.75 Å². The summed E-state index contributed by atoms with van der Waals surface area (Å²) in [6.07, 6.45) is 1.53. The lowest BCUT2D eigenvalue weighted by atomic mass is 10.1. The van der Waals surface area contributed by atoms with E-state index in [0.717, 1.165) is 27.2 Å². The fourth-order valence-corrected chi connectivity index (χ4v) is 3.58. The van der Waals surface area contributed by atoms with Gasteiger partial charge in [-0.05, 0) is 30.7 Å². The van der Waals surface area contributed by atoms with Gasteiger partial charge in [-0.25, -0.2) is 9.97 Å². The van der Waals surface area contributed by atoms with Gasteiger partial charge in [-0.15, -0.1) is 0 Å². The van der Waals surface area contributed by atoms with Crippen LogP contribution in [0.4, 0.5) is 0 Å². The Morgan fingerprint density at radius 3 is 2.96 bits per heavy atom. The zero-order chi connectivity index (χ0) is 17.9. The van der Waals surface area contributed by atoms with Gasteiger partial charge in [-0.1, -0.05) is 36.0 Å². The zero-order valence-corrected chi connectivity index (χ0v) is 15.0. The molecule has 0 radical (unpaired) electrons. The molecule has 1 aliphatic heterocycles. The van der Waals surface area contributed by atoms with E-state index < -0.39 is 0 Å². The topological polar surface area (TPSA) is 73.3 Å². The molecule has 3 aromatic rings. The van der Waals surface area contributed by atoms with Crippen LogP contribution in [0.1, 0.15) is 18.5 Å². The first-order valence-corrected chi connectivity index (χ1v) is 9.21. The monoisotopic (exact) mass is 367 g/mol. The van der Waals surface area contributed by atoms with Gasteiger partial charge < -0.3 is 14.8 Å². The Bertz CT molecular complexity index is 958. The van der Waals surface area contributed by atoms with Crippen LogP contribution < -0.4 is 14.8 Å². The van der Waals surface area contributed by atoms with Gasteiger partial charge >= 0.3 is 0 Å². The SMILES string of the molecule is C[C@@H](NC(=O)CSc1ncnc2ccccc12)c1ccc2c(c1)OCO2. The molecule has 0 unspecified atom stereocenters. The average Bonchev–Trinajstić information content (AvgIpc) is 3.14. The Morgan fingerprint density at radius 1 is 1.19 bits per heavy atom. The molecule has 7 heteroatoms. The third kappa shape index (κ3) is 3.43. The molecule has 1 N–H and O–H groups in total. The normalized spacial score (nSPS) is 13.6. The molecule has 132 valence electrons. The number of hydrogen-bond acceptors (Lipinski definition) is 6. The molecule has 1 amide bonds. The van der Waals surface area contributed by atoms with Crippen molar-refractivity contribution in [2.75, 3.05) is 12.5 Å². The Morgan fingerprint density at radius 2 is 2.04 bits per heavy atom. The Kier molecular flexibility index (Phi) is 4.62. The number of ether oxygens (including phenoxy) is 2. The van der Waals surface area contributed by atoms with Crippen LogP contribution >= 0.6 is 11.8 Å². The van der Waals surface area contributed by atoms with Crippen molar-refractivity contribution in [1.82, 2.24) is 15.3 Å². The van der Waals surface area contributed by atoms with E-state index in [1.807, 2.05) is 49.4 Å². The van der Waals surface area contributed by atoms with Gasteiger partial charge in [0.05, 0.1) is 17.3 Å². The van der Waals surface area contributed by atoms with Crippen LogP contribution in [-0.2, 0) is 4.79 Å². The maximum Gasteiger partial charge on any atom is 0.231 e. The second-order valence-corrected chi connectivity index (χ2v) is 6.85. The number of thioether (sulfide) groups is 1. The highest BCUT2D eigenvalue weighted by Crippen LogP contribution is 2.34. The van der Waals surface area contributed by atoms with Crippen molar-refractivity contribution < 1.29 is 14.3 Å². The van der Waals surface area contributed by atoms with E-state index in [-0.39, 0.29) is 24.5 Å². The van der Waals surface area contributed by atoms with Gasteiger partial charge in [0.2, 0.25) is 12.7 Å². The molecular formula is C19H17N3O3S. The molecule has 26 heavy (non-hydrogen) atoms. The number of carbonyl (C=O) groups excluding carboxylic acids is 1. The van der Waals surface area contributed by atoms with Crippen LogP contribution in [0, 0.1) is 0 Å². The molecule has 0 saturated heterocycles. The van der Waals surface area contributed by atoms with Crippen molar-refractivity contribution in [3.05, 3.63) is 54.4 Å². The van der Waals surface area contributed by atoms with Crippen LogP contribution in [-0.4, -0.2) is 28.4 Å². The number of carbonyl (C=O) groups is 1. The van der Waals surface area contributed by atoms with Crippen LogP contribution in [0.3, 0.4) is 0 Å². The van der Waals surface area contributed by atoms with Gasteiger partial charge in [0.15, 0.2) is 11.5 Å². The number of fused-ring (bicyclic) bond motifs is 2.